The van der Waals surface area contributed by atoms with Crippen LogP contribution in [0.3, 0.4) is 0 Å². The van der Waals surface area contributed by atoms with Crippen molar-refractivity contribution in [2.75, 3.05) is 32.6 Å². The van der Waals surface area contributed by atoms with Gasteiger partial charge >= 0.3 is 0 Å². The van der Waals surface area contributed by atoms with Crippen LogP contribution in [-0.2, 0) is 11.2 Å². The number of benzene rings is 1. The molecule has 114 valence electrons. The van der Waals surface area contributed by atoms with E-state index in [1.165, 1.54) is 5.56 Å². The highest BCUT2D eigenvalue weighted by molar-refractivity contribution is 5.54. The van der Waals surface area contributed by atoms with Crippen molar-refractivity contribution in [1.82, 2.24) is 5.32 Å². The zero-order valence-electron chi connectivity index (χ0n) is 12.9. The highest BCUT2D eigenvalue weighted by Gasteiger charge is 2.06. The summed E-state index contributed by atoms with van der Waals surface area (Å²) in [6, 6.07) is 6.50. The molecule has 0 aliphatic carbocycles. The van der Waals surface area contributed by atoms with Gasteiger partial charge in [0.1, 0.15) is 5.75 Å². The van der Waals surface area contributed by atoms with E-state index in [1.807, 2.05) is 12.1 Å². The lowest BCUT2D eigenvalue weighted by molar-refractivity contribution is 0.193. The molecule has 0 saturated carbocycles. The van der Waals surface area contributed by atoms with Crippen molar-refractivity contribution in [3.05, 3.63) is 23.8 Å². The molecule has 4 heteroatoms. The molecule has 1 unspecified atom stereocenters. The lowest BCUT2D eigenvalue weighted by Crippen LogP contribution is -2.29. The molecule has 0 saturated heterocycles. The molecule has 20 heavy (non-hydrogen) atoms. The van der Waals surface area contributed by atoms with E-state index in [0.29, 0.717) is 12.6 Å². The van der Waals surface area contributed by atoms with E-state index in [0.717, 1.165) is 43.9 Å². The van der Waals surface area contributed by atoms with Crippen molar-refractivity contribution in [2.45, 2.75) is 39.2 Å². The molecule has 0 bridgehead atoms. The highest BCUT2D eigenvalue weighted by Crippen LogP contribution is 2.23. The van der Waals surface area contributed by atoms with Crippen molar-refractivity contribution in [2.24, 2.45) is 0 Å². The first-order chi connectivity index (χ1) is 9.67. The van der Waals surface area contributed by atoms with Crippen LogP contribution in [0.4, 0.5) is 5.69 Å². The lowest BCUT2D eigenvalue weighted by atomic mass is 10.1. The van der Waals surface area contributed by atoms with Crippen LogP contribution < -0.4 is 15.8 Å². The van der Waals surface area contributed by atoms with Crippen LogP contribution in [0.25, 0.3) is 0 Å². The van der Waals surface area contributed by atoms with Gasteiger partial charge in [0.25, 0.3) is 0 Å². The topological polar surface area (TPSA) is 56.5 Å². The highest BCUT2D eigenvalue weighted by atomic mass is 16.5. The van der Waals surface area contributed by atoms with Gasteiger partial charge in [0, 0.05) is 19.8 Å². The van der Waals surface area contributed by atoms with Crippen molar-refractivity contribution >= 4 is 5.69 Å². The Bertz CT molecular complexity index is 383. The molecule has 0 fully saturated rings. The Hall–Kier alpha value is -1.26. The first-order valence-electron chi connectivity index (χ1n) is 7.40. The molecule has 0 heterocycles. The van der Waals surface area contributed by atoms with Gasteiger partial charge in [0.2, 0.25) is 0 Å². The van der Waals surface area contributed by atoms with Crippen LogP contribution >= 0.6 is 0 Å². The summed E-state index contributed by atoms with van der Waals surface area (Å²) in [5, 5.41) is 3.48. The monoisotopic (exact) mass is 280 g/mol. The van der Waals surface area contributed by atoms with E-state index in [-0.39, 0.29) is 0 Å². The number of nitrogens with one attached hydrogen (secondary N) is 1. The molecule has 1 rings (SSSR count). The molecule has 1 aromatic carbocycles. The van der Waals surface area contributed by atoms with Crippen LogP contribution in [0, 0.1) is 0 Å². The van der Waals surface area contributed by atoms with Gasteiger partial charge in [0.05, 0.1) is 12.3 Å². The summed E-state index contributed by atoms with van der Waals surface area (Å²) < 4.78 is 10.6. The molecule has 1 aromatic rings. The second kappa shape index (κ2) is 9.61. The van der Waals surface area contributed by atoms with Gasteiger partial charge in [-0.05, 0) is 50.4 Å². The van der Waals surface area contributed by atoms with Gasteiger partial charge < -0.3 is 20.5 Å². The third-order valence-corrected chi connectivity index (χ3v) is 3.10. The minimum absolute atomic E-state index is 0.425. The van der Waals surface area contributed by atoms with Gasteiger partial charge in [-0.1, -0.05) is 13.0 Å². The van der Waals surface area contributed by atoms with Crippen molar-refractivity contribution in [1.29, 1.82) is 0 Å². The third kappa shape index (κ3) is 6.26. The Labute approximate surface area is 122 Å². The van der Waals surface area contributed by atoms with E-state index >= 15 is 0 Å². The molecule has 0 aromatic heterocycles. The molecular formula is C16H28N2O2. The first kappa shape index (κ1) is 16.8. The van der Waals surface area contributed by atoms with Gasteiger partial charge in [-0.25, -0.2) is 0 Å². The lowest BCUT2D eigenvalue weighted by Gasteiger charge is -2.15. The van der Waals surface area contributed by atoms with Gasteiger partial charge in [-0.2, -0.15) is 0 Å². The molecule has 0 amide bonds. The van der Waals surface area contributed by atoms with E-state index in [1.54, 1.807) is 7.11 Å². The van der Waals surface area contributed by atoms with Crippen LogP contribution in [-0.4, -0.2) is 32.9 Å². The van der Waals surface area contributed by atoms with Crippen LogP contribution in [0.15, 0.2) is 18.2 Å². The Morgan fingerprint density at radius 1 is 1.30 bits per heavy atom. The predicted octanol–water partition coefficient (Wildman–Crippen LogP) is 2.61. The standard InChI is InChI=1S/C16H28N2O2/c1-4-9-20-16-7-6-14(12-15(16)17)11-13(2)18-8-5-10-19-3/h6-7,12-13,18H,4-5,8-11,17H2,1-3H3. The van der Waals surface area contributed by atoms with Crippen LogP contribution in [0.5, 0.6) is 5.75 Å². The fourth-order valence-electron chi connectivity index (χ4n) is 2.06. The number of rotatable bonds is 10. The Morgan fingerprint density at radius 3 is 2.75 bits per heavy atom. The molecule has 0 spiro atoms. The normalized spacial score (nSPS) is 12.3. The van der Waals surface area contributed by atoms with E-state index < -0.39 is 0 Å². The van der Waals surface area contributed by atoms with Crippen molar-refractivity contribution < 1.29 is 9.47 Å². The largest absolute Gasteiger partial charge is 0.491 e. The second-order valence-electron chi connectivity index (χ2n) is 5.13. The van der Waals surface area contributed by atoms with Gasteiger partial charge in [0.15, 0.2) is 0 Å². The quantitative estimate of drug-likeness (QED) is 0.511. The molecule has 1 atom stereocenters. The van der Waals surface area contributed by atoms with Crippen LogP contribution in [0.2, 0.25) is 0 Å². The number of nitrogens with two attached hydrogens (primary N) is 1. The smallest absolute Gasteiger partial charge is 0.142 e. The number of nitrogen functional groups attached to an aromatic ring is 1. The number of hydrogen-bond donors (Lipinski definition) is 2. The Balaban J connectivity index is 2.41. The fourth-order valence-corrected chi connectivity index (χ4v) is 2.06. The first-order valence-corrected chi connectivity index (χ1v) is 7.40. The maximum Gasteiger partial charge on any atom is 0.142 e. The fraction of sp³-hybridized carbons (Fsp3) is 0.625. The average molecular weight is 280 g/mol. The summed E-state index contributed by atoms with van der Waals surface area (Å²) in [5.74, 6) is 0.788. The number of ether oxygens (including phenoxy) is 2. The van der Waals surface area contributed by atoms with Crippen molar-refractivity contribution in [3.8, 4) is 5.75 Å². The number of hydrogen-bond acceptors (Lipinski definition) is 4. The minimum atomic E-state index is 0.425. The van der Waals surface area contributed by atoms with Gasteiger partial charge in [-0.3, -0.25) is 0 Å². The summed E-state index contributed by atoms with van der Waals surface area (Å²) in [6.45, 7) is 6.76. The summed E-state index contributed by atoms with van der Waals surface area (Å²) in [4.78, 5) is 0. The maximum atomic E-state index is 6.02. The molecule has 0 aliphatic heterocycles. The summed E-state index contributed by atoms with van der Waals surface area (Å²) in [5.41, 5.74) is 7.97. The zero-order chi connectivity index (χ0) is 14.8. The third-order valence-electron chi connectivity index (χ3n) is 3.10. The summed E-state index contributed by atoms with van der Waals surface area (Å²) >= 11 is 0. The number of anilines is 1. The average Bonchev–Trinajstić information content (AvgIpc) is 2.43. The molecule has 0 aliphatic rings. The van der Waals surface area contributed by atoms with E-state index in [4.69, 9.17) is 15.2 Å². The minimum Gasteiger partial charge on any atom is -0.491 e. The number of methoxy groups -OCH3 is 1. The predicted molar refractivity (Wildman–Crippen MR) is 84.3 cm³/mol. The zero-order valence-corrected chi connectivity index (χ0v) is 12.9. The van der Waals surface area contributed by atoms with Crippen molar-refractivity contribution in [3.63, 3.8) is 0 Å². The molecule has 4 nitrogen and oxygen atoms in total. The van der Waals surface area contributed by atoms with E-state index in [2.05, 4.69) is 25.2 Å². The van der Waals surface area contributed by atoms with Crippen LogP contribution in [0.1, 0.15) is 32.3 Å². The van der Waals surface area contributed by atoms with Gasteiger partial charge in [-0.15, -0.1) is 0 Å². The molecular weight excluding hydrogens is 252 g/mol. The second-order valence-corrected chi connectivity index (χ2v) is 5.13. The molecule has 0 radical (unpaired) electrons. The SMILES string of the molecule is CCCOc1ccc(CC(C)NCCCOC)cc1N. The summed E-state index contributed by atoms with van der Waals surface area (Å²) in [7, 11) is 1.73. The maximum absolute atomic E-state index is 6.02. The summed E-state index contributed by atoms with van der Waals surface area (Å²) in [6.07, 6.45) is 2.99. The Kier molecular flexibility index (Phi) is 8.07. The Morgan fingerprint density at radius 2 is 2.10 bits per heavy atom. The van der Waals surface area contributed by atoms with E-state index in [9.17, 15) is 0 Å². The molecule has 3 N–H and O–H groups in total.